The van der Waals surface area contributed by atoms with Gasteiger partial charge in [0.25, 0.3) is 0 Å². The van der Waals surface area contributed by atoms with Gasteiger partial charge in [-0.05, 0) is 49.5 Å². The molecule has 12 heteroatoms. The molecule has 298 valence electrons. The van der Waals surface area contributed by atoms with Crippen molar-refractivity contribution >= 4 is 35.4 Å². The second-order valence-electron chi connectivity index (χ2n) is 15.5. The number of carbonyl (C=O) groups is 6. The van der Waals surface area contributed by atoms with Crippen LogP contribution in [-0.2, 0) is 35.2 Å². The van der Waals surface area contributed by atoms with Gasteiger partial charge in [0, 0.05) is 62.2 Å². The average Bonchev–Trinajstić information content (AvgIpc) is 3.10. The molecule has 1 aromatic rings. The Morgan fingerprint density at radius 3 is 1.42 bits per heavy atom. The van der Waals surface area contributed by atoms with E-state index in [1.54, 1.807) is 49.2 Å². The maximum absolute atomic E-state index is 14.4. The van der Waals surface area contributed by atoms with Crippen LogP contribution >= 0.6 is 0 Å². The van der Waals surface area contributed by atoms with E-state index in [-0.39, 0.29) is 35.5 Å². The Bertz CT molecular complexity index is 1400. The second kappa shape index (κ2) is 21.5. The Kier molecular flexibility index (Phi) is 19.0. The summed E-state index contributed by atoms with van der Waals surface area (Å²) in [6, 6.07) is 5.02. The van der Waals surface area contributed by atoms with Crippen molar-refractivity contribution in [3.8, 4) is 0 Å². The number of benzene rings is 1. The minimum absolute atomic E-state index is 0.140. The van der Waals surface area contributed by atoms with Crippen molar-refractivity contribution in [3.63, 3.8) is 0 Å². The first-order chi connectivity index (χ1) is 24.6. The van der Waals surface area contributed by atoms with Crippen LogP contribution in [-0.4, -0.2) is 144 Å². The third-order valence-corrected chi connectivity index (χ3v) is 10.1. The van der Waals surface area contributed by atoms with Crippen molar-refractivity contribution in [2.75, 3.05) is 49.3 Å². The molecule has 0 aliphatic rings. The SMILES string of the molecule is C=CCCCCC(=O)N(C)[C@H](C(=O)N(C)[C@H](C(=O)N(C)[C@H](C(=O)N(C)[C@@H](C)C(=O)N(C)[C@@H](Cc1ccccc1)C(=O)N(C)C)C(C)C)C(C)C)C(C)C. The topological polar surface area (TPSA) is 122 Å². The molecule has 6 amide bonds. The van der Waals surface area contributed by atoms with Crippen molar-refractivity contribution in [1.82, 2.24) is 29.4 Å². The predicted octanol–water partition coefficient (Wildman–Crippen LogP) is 4.19. The smallest absolute Gasteiger partial charge is 0.246 e. The molecule has 0 saturated carbocycles. The van der Waals surface area contributed by atoms with E-state index >= 15 is 0 Å². The maximum atomic E-state index is 14.4. The average molecular weight is 741 g/mol. The summed E-state index contributed by atoms with van der Waals surface area (Å²) in [6.45, 7) is 16.4. The summed E-state index contributed by atoms with van der Waals surface area (Å²) in [4.78, 5) is 91.5. The lowest BCUT2D eigenvalue weighted by atomic mass is 9.94. The van der Waals surface area contributed by atoms with E-state index in [9.17, 15) is 28.8 Å². The van der Waals surface area contributed by atoms with Crippen LogP contribution in [0.3, 0.4) is 0 Å². The van der Waals surface area contributed by atoms with Gasteiger partial charge >= 0.3 is 0 Å². The Labute approximate surface area is 319 Å². The van der Waals surface area contributed by atoms with Crippen molar-refractivity contribution in [1.29, 1.82) is 0 Å². The quantitative estimate of drug-likeness (QED) is 0.146. The Balaban J connectivity index is 3.33. The summed E-state index contributed by atoms with van der Waals surface area (Å²) in [5, 5.41) is 0. The van der Waals surface area contributed by atoms with Crippen LogP contribution in [0.1, 0.15) is 79.7 Å². The van der Waals surface area contributed by atoms with E-state index in [0.29, 0.717) is 19.3 Å². The van der Waals surface area contributed by atoms with Crippen molar-refractivity contribution in [3.05, 3.63) is 48.6 Å². The fourth-order valence-electron chi connectivity index (χ4n) is 6.82. The van der Waals surface area contributed by atoms with Crippen molar-refractivity contribution in [2.45, 2.75) is 111 Å². The fraction of sp³-hybridized carbons (Fsp3) is 0.659. The third-order valence-electron chi connectivity index (χ3n) is 10.1. The van der Waals surface area contributed by atoms with Gasteiger partial charge in [-0.2, -0.15) is 0 Å². The van der Waals surface area contributed by atoms with Crippen LogP contribution in [0.25, 0.3) is 0 Å². The van der Waals surface area contributed by atoms with E-state index in [2.05, 4.69) is 6.58 Å². The van der Waals surface area contributed by atoms with Crippen LogP contribution in [0.5, 0.6) is 0 Å². The van der Waals surface area contributed by atoms with Gasteiger partial charge in [-0.15, -0.1) is 6.58 Å². The molecule has 1 aromatic carbocycles. The Hall–Kier alpha value is -4.22. The van der Waals surface area contributed by atoms with E-state index < -0.39 is 47.9 Å². The van der Waals surface area contributed by atoms with Crippen LogP contribution in [0, 0.1) is 17.8 Å². The summed E-state index contributed by atoms with van der Waals surface area (Å²) >= 11 is 0. The van der Waals surface area contributed by atoms with Gasteiger partial charge in [-0.25, -0.2) is 0 Å². The van der Waals surface area contributed by atoms with Crippen LogP contribution in [0.4, 0.5) is 0 Å². The van der Waals surface area contributed by atoms with E-state index in [0.717, 1.165) is 18.4 Å². The highest BCUT2D eigenvalue weighted by molar-refractivity contribution is 5.96. The lowest BCUT2D eigenvalue weighted by Crippen LogP contribution is -2.61. The normalized spacial score (nSPS) is 14.1. The lowest BCUT2D eigenvalue weighted by molar-refractivity contribution is -0.157. The second-order valence-corrected chi connectivity index (χ2v) is 15.5. The third kappa shape index (κ3) is 12.4. The molecule has 0 bridgehead atoms. The number of unbranched alkanes of at least 4 members (excludes halogenated alkanes) is 2. The van der Waals surface area contributed by atoms with E-state index in [4.69, 9.17) is 0 Å². The number of carbonyl (C=O) groups excluding carboxylic acids is 6. The Morgan fingerprint density at radius 2 is 1.00 bits per heavy atom. The molecule has 0 aliphatic carbocycles. The first kappa shape index (κ1) is 46.8. The van der Waals surface area contributed by atoms with Gasteiger partial charge in [-0.1, -0.05) is 78.0 Å². The highest BCUT2D eigenvalue weighted by Gasteiger charge is 2.43. The first-order valence-corrected chi connectivity index (χ1v) is 18.8. The number of hydrogen-bond donors (Lipinski definition) is 0. The molecule has 0 heterocycles. The van der Waals surface area contributed by atoms with Gasteiger partial charge < -0.3 is 29.4 Å². The number of allylic oxidation sites excluding steroid dienone is 1. The van der Waals surface area contributed by atoms with Crippen LogP contribution in [0.15, 0.2) is 43.0 Å². The molecule has 0 radical (unpaired) electrons. The zero-order valence-electron chi connectivity index (χ0n) is 35.0. The molecule has 0 N–H and O–H groups in total. The van der Waals surface area contributed by atoms with Crippen LogP contribution in [0.2, 0.25) is 0 Å². The Morgan fingerprint density at radius 1 is 0.566 bits per heavy atom. The summed E-state index contributed by atoms with van der Waals surface area (Å²) in [5.74, 6) is -2.91. The van der Waals surface area contributed by atoms with Crippen molar-refractivity contribution < 1.29 is 28.8 Å². The first-order valence-electron chi connectivity index (χ1n) is 18.8. The molecule has 1 rings (SSSR count). The standard InChI is InChI=1S/C41H68N6O6/c1-16-17-18-22-25-33(48)45(13)34(27(2)3)40(52)47(15)36(29(6)7)41(53)46(14)35(28(4)5)39(51)43(11)30(8)37(49)44(12)32(38(50)42(9)10)26-31-23-20-19-21-24-31/h16,19-21,23-24,27-30,32,34-36H,1,17-18,22,25-26H2,2-15H3/t30-,32-,34-,35-,36-/m0/s1. The summed E-state index contributed by atoms with van der Waals surface area (Å²) in [6.07, 6.45) is 4.76. The molecule has 5 atom stereocenters. The van der Waals surface area contributed by atoms with E-state index in [1.165, 1.54) is 36.4 Å². The predicted molar refractivity (Wildman–Crippen MR) is 210 cm³/mol. The summed E-state index contributed by atoms with van der Waals surface area (Å²) in [7, 11) is 11.1. The highest BCUT2D eigenvalue weighted by atomic mass is 16.2. The summed E-state index contributed by atoms with van der Waals surface area (Å²) in [5.41, 5.74) is 0.893. The van der Waals surface area contributed by atoms with Gasteiger partial charge in [0.05, 0.1) is 0 Å². The molecule has 0 saturated heterocycles. The van der Waals surface area contributed by atoms with Crippen LogP contribution < -0.4 is 0 Å². The molecular formula is C41H68N6O6. The fourth-order valence-corrected chi connectivity index (χ4v) is 6.82. The molecule has 0 unspecified atom stereocenters. The lowest BCUT2D eigenvalue weighted by Gasteiger charge is -2.41. The van der Waals surface area contributed by atoms with E-state index in [1.807, 2.05) is 78.0 Å². The molecular weight excluding hydrogens is 672 g/mol. The van der Waals surface area contributed by atoms with Gasteiger partial charge in [0.2, 0.25) is 35.4 Å². The molecule has 0 spiro atoms. The number of likely N-dealkylation sites (N-methyl/N-ethyl adjacent to an activating group) is 6. The molecule has 0 fully saturated rings. The molecule has 0 aliphatic heterocycles. The molecule has 53 heavy (non-hydrogen) atoms. The highest BCUT2D eigenvalue weighted by Crippen LogP contribution is 2.23. The monoisotopic (exact) mass is 741 g/mol. The maximum Gasteiger partial charge on any atom is 0.246 e. The number of rotatable bonds is 20. The number of amides is 6. The number of nitrogens with zero attached hydrogens (tertiary/aromatic N) is 6. The minimum atomic E-state index is -0.956. The number of hydrogen-bond acceptors (Lipinski definition) is 6. The molecule has 12 nitrogen and oxygen atoms in total. The van der Waals surface area contributed by atoms with Crippen molar-refractivity contribution in [2.24, 2.45) is 17.8 Å². The van der Waals surface area contributed by atoms with Gasteiger partial charge in [-0.3, -0.25) is 28.8 Å². The zero-order valence-corrected chi connectivity index (χ0v) is 35.0. The van der Waals surface area contributed by atoms with Gasteiger partial charge in [0.1, 0.15) is 30.2 Å². The molecule has 0 aromatic heterocycles. The zero-order chi connectivity index (χ0) is 40.9. The van der Waals surface area contributed by atoms with Gasteiger partial charge in [0.15, 0.2) is 0 Å². The minimum Gasteiger partial charge on any atom is -0.347 e. The largest absolute Gasteiger partial charge is 0.347 e. The summed E-state index contributed by atoms with van der Waals surface area (Å²) < 4.78 is 0.